The highest BCUT2D eigenvalue weighted by Gasteiger charge is 2.13. The Labute approximate surface area is 83.3 Å². The predicted octanol–water partition coefficient (Wildman–Crippen LogP) is 1.37. The molecule has 0 heterocycles. The molecule has 0 aliphatic rings. The Morgan fingerprint density at radius 2 is 1.79 bits per heavy atom. The zero-order chi connectivity index (χ0) is 10.8. The number of anilines is 1. The van der Waals surface area contributed by atoms with Crippen LogP contribution in [0.2, 0.25) is 0 Å². The monoisotopic (exact) mass is 193 g/mol. The quantitative estimate of drug-likeness (QED) is 0.663. The molecule has 76 valence electrons. The van der Waals surface area contributed by atoms with Crippen LogP contribution in [-0.2, 0) is 5.54 Å². The molecular formula is C10H15N3O. The highest BCUT2D eigenvalue weighted by molar-refractivity contribution is 5.87. The van der Waals surface area contributed by atoms with Crippen molar-refractivity contribution in [1.82, 2.24) is 0 Å². The predicted molar refractivity (Wildman–Crippen MR) is 56.9 cm³/mol. The number of rotatable bonds is 2. The van der Waals surface area contributed by atoms with Crippen LogP contribution in [0.4, 0.5) is 10.5 Å². The van der Waals surface area contributed by atoms with Gasteiger partial charge in [0.1, 0.15) is 0 Å². The van der Waals surface area contributed by atoms with Crippen molar-refractivity contribution in [2.24, 2.45) is 11.5 Å². The SMILES string of the molecule is CC(C)(N)c1ccc(NC(N)=O)cc1. The van der Waals surface area contributed by atoms with Crippen LogP contribution in [0.3, 0.4) is 0 Å². The molecule has 5 N–H and O–H groups in total. The molecule has 0 atom stereocenters. The lowest BCUT2D eigenvalue weighted by Crippen LogP contribution is -2.28. The molecule has 0 bridgehead atoms. The van der Waals surface area contributed by atoms with E-state index in [0.717, 1.165) is 5.56 Å². The summed E-state index contributed by atoms with van der Waals surface area (Å²) >= 11 is 0. The first kappa shape index (κ1) is 10.5. The number of urea groups is 1. The minimum atomic E-state index is -0.565. The summed E-state index contributed by atoms with van der Waals surface area (Å²) in [5.41, 5.74) is 12.2. The van der Waals surface area contributed by atoms with Crippen LogP contribution in [0.15, 0.2) is 24.3 Å². The van der Waals surface area contributed by atoms with Gasteiger partial charge in [0.05, 0.1) is 0 Å². The van der Waals surface area contributed by atoms with Gasteiger partial charge in [-0.15, -0.1) is 0 Å². The van der Waals surface area contributed by atoms with Gasteiger partial charge >= 0.3 is 6.03 Å². The molecule has 1 rings (SSSR count). The lowest BCUT2D eigenvalue weighted by atomic mass is 9.96. The summed E-state index contributed by atoms with van der Waals surface area (Å²) in [6, 6.07) is 6.71. The Morgan fingerprint density at radius 1 is 1.29 bits per heavy atom. The topological polar surface area (TPSA) is 81.1 Å². The number of hydrogen-bond acceptors (Lipinski definition) is 2. The number of hydrogen-bond donors (Lipinski definition) is 3. The lowest BCUT2D eigenvalue weighted by Gasteiger charge is -2.19. The number of nitrogens with two attached hydrogens (primary N) is 2. The highest BCUT2D eigenvalue weighted by atomic mass is 16.2. The summed E-state index contributed by atoms with van der Waals surface area (Å²) in [5.74, 6) is 0. The first-order valence-electron chi connectivity index (χ1n) is 4.35. The molecule has 0 fully saturated rings. The Bertz CT molecular complexity index is 324. The number of carbonyl (C=O) groups is 1. The summed E-state index contributed by atoms with van der Waals surface area (Å²) in [7, 11) is 0. The van der Waals surface area contributed by atoms with Crippen LogP contribution < -0.4 is 16.8 Å². The van der Waals surface area contributed by atoms with Gasteiger partial charge in [-0.2, -0.15) is 0 Å². The molecule has 0 aromatic heterocycles. The summed E-state index contributed by atoms with van der Waals surface area (Å²) in [6.07, 6.45) is 0. The van der Waals surface area contributed by atoms with Gasteiger partial charge < -0.3 is 16.8 Å². The van der Waals surface area contributed by atoms with E-state index in [-0.39, 0.29) is 5.54 Å². The fourth-order valence-corrected chi connectivity index (χ4v) is 1.13. The fraction of sp³-hybridized carbons (Fsp3) is 0.300. The van der Waals surface area contributed by atoms with Gasteiger partial charge in [0.25, 0.3) is 0 Å². The molecule has 0 saturated heterocycles. The lowest BCUT2D eigenvalue weighted by molar-refractivity contribution is 0.259. The largest absolute Gasteiger partial charge is 0.351 e. The third-order valence-corrected chi connectivity index (χ3v) is 1.90. The summed E-state index contributed by atoms with van der Waals surface area (Å²) in [4.78, 5) is 10.5. The molecule has 0 spiro atoms. The Kier molecular flexibility index (Phi) is 2.76. The average Bonchev–Trinajstić information content (AvgIpc) is 2.02. The minimum Gasteiger partial charge on any atom is -0.351 e. The number of amides is 2. The van der Waals surface area contributed by atoms with Crippen molar-refractivity contribution >= 4 is 11.7 Å². The van der Waals surface area contributed by atoms with Gasteiger partial charge in [0.15, 0.2) is 0 Å². The number of carbonyl (C=O) groups excluding carboxylic acids is 1. The Morgan fingerprint density at radius 3 is 2.14 bits per heavy atom. The normalized spacial score (nSPS) is 11.1. The zero-order valence-corrected chi connectivity index (χ0v) is 8.37. The summed E-state index contributed by atoms with van der Waals surface area (Å²) < 4.78 is 0. The molecule has 0 saturated carbocycles. The van der Waals surface area contributed by atoms with E-state index < -0.39 is 6.03 Å². The van der Waals surface area contributed by atoms with E-state index in [9.17, 15) is 4.79 Å². The van der Waals surface area contributed by atoms with Crippen LogP contribution in [0.5, 0.6) is 0 Å². The van der Waals surface area contributed by atoms with Crippen LogP contribution in [0, 0.1) is 0 Å². The molecule has 4 nitrogen and oxygen atoms in total. The number of nitrogens with one attached hydrogen (secondary N) is 1. The van der Waals surface area contributed by atoms with E-state index in [2.05, 4.69) is 5.32 Å². The zero-order valence-electron chi connectivity index (χ0n) is 8.37. The summed E-state index contributed by atoms with van der Waals surface area (Å²) in [5, 5.41) is 2.48. The van der Waals surface area contributed by atoms with Gasteiger partial charge in [-0.3, -0.25) is 0 Å². The standard InChI is InChI=1S/C10H15N3O/c1-10(2,12)7-3-5-8(6-4-7)13-9(11)14/h3-6H,12H2,1-2H3,(H3,11,13,14). The van der Waals surface area contributed by atoms with E-state index in [1.165, 1.54) is 0 Å². The van der Waals surface area contributed by atoms with Gasteiger partial charge in [0.2, 0.25) is 0 Å². The third-order valence-electron chi connectivity index (χ3n) is 1.90. The smallest absolute Gasteiger partial charge is 0.316 e. The third kappa shape index (κ3) is 2.74. The Balaban J connectivity index is 2.84. The Hall–Kier alpha value is -1.55. The van der Waals surface area contributed by atoms with E-state index in [0.29, 0.717) is 5.69 Å². The second-order valence-corrected chi connectivity index (χ2v) is 3.79. The molecule has 0 aliphatic heterocycles. The van der Waals surface area contributed by atoms with Crippen LogP contribution in [-0.4, -0.2) is 6.03 Å². The molecule has 14 heavy (non-hydrogen) atoms. The van der Waals surface area contributed by atoms with Crippen molar-refractivity contribution in [2.75, 3.05) is 5.32 Å². The van der Waals surface area contributed by atoms with Crippen molar-refractivity contribution in [1.29, 1.82) is 0 Å². The average molecular weight is 193 g/mol. The maximum Gasteiger partial charge on any atom is 0.316 e. The molecule has 0 aliphatic carbocycles. The first-order valence-corrected chi connectivity index (χ1v) is 4.35. The molecular weight excluding hydrogens is 178 g/mol. The van der Waals surface area contributed by atoms with Gasteiger partial charge in [0, 0.05) is 11.2 Å². The molecule has 4 heteroatoms. The molecule has 1 aromatic rings. The molecule has 0 unspecified atom stereocenters. The van der Waals surface area contributed by atoms with Crippen molar-refractivity contribution in [3.63, 3.8) is 0 Å². The number of primary amides is 1. The maximum atomic E-state index is 10.5. The second-order valence-electron chi connectivity index (χ2n) is 3.79. The van der Waals surface area contributed by atoms with E-state index in [4.69, 9.17) is 11.5 Å². The fourth-order valence-electron chi connectivity index (χ4n) is 1.13. The van der Waals surface area contributed by atoms with Gasteiger partial charge in [-0.1, -0.05) is 12.1 Å². The highest BCUT2D eigenvalue weighted by Crippen LogP contribution is 2.18. The van der Waals surface area contributed by atoms with Crippen molar-refractivity contribution in [3.05, 3.63) is 29.8 Å². The van der Waals surface area contributed by atoms with Crippen LogP contribution in [0.1, 0.15) is 19.4 Å². The minimum absolute atomic E-state index is 0.370. The van der Waals surface area contributed by atoms with Crippen LogP contribution >= 0.6 is 0 Å². The van der Waals surface area contributed by atoms with Crippen molar-refractivity contribution < 1.29 is 4.79 Å². The van der Waals surface area contributed by atoms with Crippen molar-refractivity contribution in [2.45, 2.75) is 19.4 Å². The molecule has 0 radical (unpaired) electrons. The van der Waals surface area contributed by atoms with Gasteiger partial charge in [-0.05, 0) is 31.5 Å². The summed E-state index contributed by atoms with van der Waals surface area (Å²) in [6.45, 7) is 3.84. The van der Waals surface area contributed by atoms with E-state index >= 15 is 0 Å². The maximum absolute atomic E-state index is 10.5. The first-order chi connectivity index (χ1) is 6.39. The van der Waals surface area contributed by atoms with E-state index in [1.807, 2.05) is 26.0 Å². The molecule has 1 aromatic carbocycles. The van der Waals surface area contributed by atoms with Crippen molar-refractivity contribution in [3.8, 4) is 0 Å². The van der Waals surface area contributed by atoms with Gasteiger partial charge in [-0.25, -0.2) is 4.79 Å². The van der Waals surface area contributed by atoms with Crippen LogP contribution in [0.25, 0.3) is 0 Å². The molecule has 2 amide bonds. The number of benzene rings is 1. The second kappa shape index (κ2) is 3.67. The van der Waals surface area contributed by atoms with E-state index in [1.54, 1.807) is 12.1 Å².